The summed E-state index contributed by atoms with van der Waals surface area (Å²) in [6.07, 6.45) is 2.36. The van der Waals surface area contributed by atoms with Crippen LogP contribution in [0.5, 0.6) is 0 Å². The van der Waals surface area contributed by atoms with Crippen molar-refractivity contribution in [1.82, 2.24) is 15.6 Å². The number of fused-ring (bicyclic) bond motifs is 2. The second-order valence-corrected chi connectivity index (χ2v) is 9.46. The molecule has 0 spiro atoms. The molecule has 29 heavy (non-hydrogen) atoms. The summed E-state index contributed by atoms with van der Waals surface area (Å²) < 4.78 is 14.6. The van der Waals surface area contributed by atoms with Crippen LogP contribution in [0, 0.1) is 5.82 Å². The fourth-order valence-corrected chi connectivity index (χ4v) is 5.75. The van der Waals surface area contributed by atoms with E-state index in [1.54, 1.807) is 28.7 Å². The van der Waals surface area contributed by atoms with Crippen LogP contribution in [0.4, 0.5) is 9.39 Å². The van der Waals surface area contributed by atoms with Crippen LogP contribution in [0.25, 0.3) is 20.8 Å². The lowest BCUT2D eigenvalue weighted by molar-refractivity contribution is -0.116. The van der Waals surface area contributed by atoms with E-state index < -0.39 is 0 Å². The lowest BCUT2D eigenvalue weighted by Crippen LogP contribution is -2.28. The predicted molar refractivity (Wildman–Crippen MR) is 119 cm³/mol. The third-order valence-corrected chi connectivity index (χ3v) is 7.40. The van der Waals surface area contributed by atoms with Gasteiger partial charge < -0.3 is 16.0 Å². The molecule has 1 atom stereocenters. The van der Waals surface area contributed by atoms with Crippen molar-refractivity contribution >= 4 is 43.8 Å². The van der Waals surface area contributed by atoms with Crippen LogP contribution in [-0.4, -0.2) is 30.0 Å². The van der Waals surface area contributed by atoms with Gasteiger partial charge in [-0.25, -0.2) is 9.37 Å². The maximum Gasteiger partial charge on any atom is 0.226 e. The Balaban J connectivity index is 1.62. The lowest BCUT2D eigenvalue weighted by Gasteiger charge is -2.13. The Morgan fingerprint density at radius 3 is 3.07 bits per heavy atom. The summed E-state index contributed by atoms with van der Waals surface area (Å²) in [7, 11) is 0. The fraction of sp³-hybridized carbons (Fsp3) is 0.429. The highest BCUT2D eigenvalue weighted by molar-refractivity contribution is 7.22. The number of nitrogens with one attached hydrogen (secondary N) is 3. The van der Waals surface area contributed by atoms with E-state index in [0.29, 0.717) is 24.5 Å². The van der Waals surface area contributed by atoms with E-state index in [1.165, 1.54) is 22.6 Å². The largest absolute Gasteiger partial charge is 0.317 e. The number of carbonyl (C=O) groups is 1. The van der Waals surface area contributed by atoms with Gasteiger partial charge in [-0.3, -0.25) is 4.79 Å². The molecule has 3 heterocycles. The van der Waals surface area contributed by atoms with E-state index in [-0.39, 0.29) is 11.7 Å². The van der Waals surface area contributed by atoms with Gasteiger partial charge in [0.2, 0.25) is 5.91 Å². The Morgan fingerprint density at radius 1 is 1.38 bits per heavy atom. The fourth-order valence-electron chi connectivity index (χ4n) is 3.42. The van der Waals surface area contributed by atoms with Gasteiger partial charge in [-0.15, -0.1) is 22.7 Å². The number of hydrogen-bond acceptors (Lipinski definition) is 6. The standard InChI is InChI=1S/C21H25FN4OS2/c1-3-12(2)24-9-7-18(27)26-21-19(14-6-8-23-11-17(14)29-21)20-25-15-10-13(22)4-5-16(15)28-20/h4-5,10,12,23-24H,3,6-9,11H2,1-2H3,(H,26,27)/t12-/m0/s1. The maximum absolute atomic E-state index is 13.6. The number of thiazole rings is 1. The zero-order valence-corrected chi connectivity index (χ0v) is 18.2. The Kier molecular flexibility index (Phi) is 6.24. The van der Waals surface area contributed by atoms with Gasteiger partial charge in [-0.1, -0.05) is 6.92 Å². The van der Waals surface area contributed by atoms with Crippen molar-refractivity contribution < 1.29 is 9.18 Å². The van der Waals surface area contributed by atoms with Crippen molar-refractivity contribution in [3.05, 3.63) is 34.5 Å². The molecule has 0 saturated carbocycles. The summed E-state index contributed by atoms with van der Waals surface area (Å²) in [5, 5.41) is 11.6. The minimum atomic E-state index is -0.284. The first-order valence-corrected chi connectivity index (χ1v) is 11.6. The van der Waals surface area contributed by atoms with Crippen molar-refractivity contribution in [2.75, 3.05) is 18.4 Å². The molecular formula is C21H25FN4OS2. The SMILES string of the molecule is CC[C@H](C)NCCC(=O)Nc1sc2c(c1-c1nc3cc(F)ccc3s1)CCNC2. The van der Waals surface area contributed by atoms with Crippen LogP contribution in [0.1, 0.15) is 37.1 Å². The molecule has 4 rings (SSSR count). The third kappa shape index (κ3) is 4.50. The molecule has 5 nitrogen and oxygen atoms in total. The van der Waals surface area contributed by atoms with Crippen LogP contribution < -0.4 is 16.0 Å². The maximum atomic E-state index is 13.6. The molecule has 0 fully saturated rings. The number of nitrogens with zero attached hydrogens (tertiary/aromatic N) is 1. The molecule has 1 aliphatic heterocycles. The second-order valence-electron chi connectivity index (χ2n) is 7.33. The molecule has 154 valence electrons. The number of anilines is 1. The van der Waals surface area contributed by atoms with E-state index >= 15 is 0 Å². The lowest BCUT2D eigenvalue weighted by atomic mass is 10.0. The third-order valence-electron chi connectivity index (χ3n) is 5.20. The molecule has 0 saturated heterocycles. The van der Waals surface area contributed by atoms with Crippen molar-refractivity contribution in [2.45, 2.75) is 45.7 Å². The summed E-state index contributed by atoms with van der Waals surface area (Å²) in [6.45, 7) is 6.61. The van der Waals surface area contributed by atoms with Crippen LogP contribution in [0.3, 0.4) is 0 Å². The van der Waals surface area contributed by atoms with E-state index in [0.717, 1.165) is 46.2 Å². The molecule has 1 amide bonds. The van der Waals surface area contributed by atoms with E-state index in [2.05, 4.69) is 34.8 Å². The summed E-state index contributed by atoms with van der Waals surface area (Å²) in [5.41, 5.74) is 2.92. The van der Waals surface area contributed by atoms with Gasteiger partial charge in [0.25, 0.3) is 0 Å². The Morgan fingerprint density at radius 2 is 2.24 bits per heavy atom. The highest BCUT2D eigenvalue weighted by Crippen LogP contribution is 2.44. The van der Waals surface area contributed by atoms with Gasteiger partial charge in [0.15, 0.2) is 0 Å². The minimum Gasteiger partial charge on any atom is -0.317 e. The topological polar surface area (TPSA) is 66.0 Å². The highest BCUT2D eigenvalue weighted by atomic mass is 32.1. The summed E-state index contributed by atoms with van der Waals surface area (Å²) in [4.78, 5) is 18.5. The number of benzene rings is 1. The molecule has 3 aromatic rings. The molecule has 1 aromatic carbocycles. The van der Waals surface area contributed by atoms with Gasteiger partial charge in [0, 0.05) is 42.1 Å². The number of rotatable bonds is 7. The quantitative estimate of drug-likeness (QED) is 0.513. The van der Waals surface area contributed by atoms with Crippen LogP contribution in [-0.2, 0) is 17.8 Å². The van der Waals surface area contributed by atoms with E-state index in [9.17, 15) is 9.18 Å². The first-order valence-electron chi connectivity index (χ1n) is 10.00. The van der Waals surface area contributed by atoms with Crippen LogP contribution in [0.2, 0.25) is 0 Å². The number of thiophene rings is 1. The summed E-state index contributed by atoms with van der Waals surface area (Å²) in [6, 6.07) is 5.10. The van der Waals surface area contributed by atoms with Crippen molar-refractivity contribution in [3.63, 3.8) is 0 Å². The second kappa shape index (κ2) is 8.87. The monoisotopic (exact) mass is 432 g/mol. The Hall–Kier alpha value is -1.87. The van der Waals surface area contributed by atoms with Gasteiger partial charge >= 0.3 is 0 Å². The van der Waals surface area contributed by atoms with Crippen molar-refractivity contribution in [2.24, 2.45) is 0 Å². The molecule has 0 unspecified atom stereocenters. The molecule has 0 bridgehead atoms. The molecule has 0 aliphatic carbocycles. The zero-order valence-electron chi connectivity index (χ0n) is 16.6. The van der Waals surface area contributed by atoms with Crippen LogP contribution >= 0.6 is 22.7 Å². The molecule has 2 aromatic heterocycles. The number of halogens is 1. The Labute approximate surface area is 177 Å². The van der Waals surface area contributed by atoms with Crippen molar-refractivity contribution in [1.29, 1.82) is 0 Å². The highest BCUT2D eigenvalue weighted by Gasteiger charge is 2.25. The smallest absolute Gasteiger partial charge is 0.226 e. The first kappa shape index (κ1) is 20.4. The molecular weight excluding hydrogens is 407 g/mol. The number of carbonyl (C=O) groups excluding carboxylic acids is 1. The number of amides is 1. The van der Waals surface area contributed by atoms with Gasteiger partial charge in [-0.05, 0) is 44.0 Å². The molecule has 3 N–H and O–H groups in total. The van der Waals surface area contributed by atoms with E-state index in [1.807, 2.05) is 0 Å². The average molecular weight is 433 g/mol. The summed E-state index contributed by atoms with van der Waals surface area (Å²) >= 11 is 3.17. The average Bonchev–Trinajstić information content (AvgIpc) is 3.27. The minimum absolute atomic E-state index is 0.000708. The molecule has 8 heteroatoms. The van der Waals surface area contributed by atoms with Crippen molar-refractivity contribution in [3.8, 4) is 10.6 Å². The predicted octanol–water partition coefficient (Wildman–Crippen LogP) is 4.53. The molecule has 1 aliphatic rings. The zero-order chi connectivity index (χ0) is 20.4. The van der Waals surface area contributed by atoms with Gasteiger partial charge in [-0.2, -0.15) is 0 Å². The molecule has 0 radical (unpaired) electrons. The first-order chi connectivity index (χ1) is 14.0. The van der Waals surface area contributed by atoms with Crippen LogP contribution in [0.15, 0.2) is 18.2 Å². The number of aromatic nitrogens is 1. The summed E-state index contributed by atoms with van der Waals surface area (Å²) in [5.74, 6) is -0.283. The van der Waals surface area contributed by atoms with E-state index in [4.69, 9.17) is 0 Å². The number of hydrogen-bond donors (Lipinski definition) is 3. The Bertz CT molecular complexity index is 1030. The van der Waals surface area contributed by atoms with Gasteiger partial charge in [0.1, 0.15) is 15.8 Å². The van der Waals surface area contributed by atoms with Gasteiger partial charge in [0.05, 0.1) is 10.2 Å². The normalized spacial score (nSPS) is 14.7.